The zero-order valence-corrected chi connectivity index (χ0v) is 23.6. The van der Waals surface area contributed by atoms with Crippen LogP contribution in [0.4, 0.5) is 19.0 Å². The molecule has 216 valence electrons. The van der Waals surface area contributed by atoms with Gasteiger partial charge in [-0.25, -0.2) is 9.78 Å². The Labute approximate surface area is 237 Å². The highest BCUT2D eigenvalue weighted by atomic mass is 19.4. The number of aromatic nitrogens is 3. The van der Waals surface area contributed by atoms with Crippen LogP contribution >= 0.6 is 0 Å². The molecule has 0 radical (unpaired) electrons. The molecule has 3 atom stereocenters. The van der Waals surface area contributed by atoms with Crippen molar-refractivity contribution in [2.45, 2.75) is 51.0 Å². The van der Waals surface area contributed by atoms with Gasteiger partial charge in [0.25, 0.3) is 0 Å². The van der Waals surface area contributed by atoms with Gasteiger partial charge in [-0.1, -0.05) is 26.0 Å². The van der Waals surface area contributed by atoms with Gasteiger partial charge in [0.15, 0.2) is 5.82 Å². The third-order valence-corrected chi connectivity index (χ3v) is 7.85. The second kappa shape index (κ2) is 12.2. The van der Waals surface area contributed by atoms with E-state index in [0.717, 1.165) is 24.1 Å². The van der Waals surface area contributed by atoms with Crippen LogP contribution in [-0.4, -0.2) is 69.6 Å². The van der Waals surface area contributed by atoms with Crippen molar-refractivity contribution < 1.29 is 13.2 Å². The minimum absolute atomic E-state index is 0.0411. The molecule has 2 unspecified atom stereocenters. The molecule has 4 rings (SSSR count). The number of pyridine rings is 1. The van der Waals surface area contributed by atoms with Gasteiger partial charge in [-0.05, 0) is 49.7 Å². The maximum absolute atomic E-state index is 13.3. The van der Waals surface area contributed by atoms with E-state index in [1.807, 2.05) is 25.8 Å². The van der Waals surface area contributed by atoms with Gasteiger partial charge in [0.2, 0.25) is 0 Å². The fourth-order valence-electron chi connectivity index (χ4n) is 5.57. The highest BCUT2D eigenvalue weighted by molar-refractivity contribution is 5.86. The van der Waals surface area contributed by atoms with Gasteiger partial charge in [-0.3, -0.25) is 14.4 Å². The average molecular weight is 567 g/mol. The Morgan fingerprint density at radius 3 is 2.32 bits per heavy atom. The monoisotopic (exact) mass is 566 g/mol. The number of rotatable bonds is 8. The summed E-state index contributed by atoms with van der Waals surface area (Å²) >= 11 is 0. The summed E-state index contributed by atoms with van der Waals surface area (Å²) in [5.74, 6) is 0.429. The molecule has 0 spiro atoms. The van der Waals surface area contributed by atoms with Gasteiger partial charge in [0, 0.05) is 44.8 Å². The first-order valence-electron chi connectivity index (χ1n) is 13.5. The van der Waals surface area contributed by atoms with Crippen molar-refractivity contribution >= 4 is 16.9 Å². The van der Waals surface area contributed by atoms with Gasteiger partial charge >= 0.3 is 11.9 Å². The Bertz CT molecular complexity index is 1520. The molecule has 0 amide bonds. The minimum Gasteiger partial charge on any atom is -0.349 e. The highest BCUT2D eigenvalue weighted by Crippen LogP contribution is 2.35. The second-order valence-corrected chi connectivity index (χ2v) is 10.4. The summed E-state index contributed by atoms with van der Waals surface area (Å²) in [5, 5.41) is 18.7. The van der Waals surface area contributed by atoms with E-state index < -0.39 is 17.4 Å². The molecule has 1 aromatic carbocycles. The third-order valence-electron chi connectivity index (χ3n) is 7.85. The number of likely N-dealkylation sites (N-methyl/N-ethyl adjacent to an activating group) is 1. The van der Waals surface area contributed by atoms with Gasteiger partial charge in [0.05, 0.1) is 23.7 Å². The Morgan fingerprint density at radius 1 is 1.05 bits per heavy atom. The lowest BCUT2D eigenvalue weighted by atomic mass is 9.95. The molecule has 0 bridgehead atoms. The van der Waals surface area contributed by atoms with E-state index in [-0.39, 0.29) is 30.4 Å². The van der Waals surface area contributed by atoms with Crippen molar-refractivity contribution in [1.29, 1.82) is 10.5 Å². The fraction of sp³-hybridized carbons (Fsp3) is 0.483. The first-order valence-corrected chi connectivity index (χ1v) is 13.5. The van der Waals surface area contributed by atoms with Gasteiger partial charge < -0.3 is 4.90 Å². The third kappa shape index (κ3) is 6.19. The summed E-state index contributed by atoms with van der Waals surface area (Å²) in [6, 6.07) is 12.3. The minimum atomic E-state index is -4.43. The lowest BCUT2D eigenvalue weighted by Gasteiger charge is -2.50. The average Bonchev–Trinajstić information content (AvgIpc) is 2.96. The van der Waals surface area contributed by atoms with Crippen LogP contribution in [0.5, 0.6) is 0 Å². The molecular weight excluding hydrogens is 533 g/mol. The normalized spacial score (nSPS) is 18.8. The Hall–Kier alpha value is -4.00. The van der Waals surface area contributed by atoms with E-state index in [1.54, 1.807) is 19.2 Å². The van der Waals surface area contributed by atoms with Crippen molar-refractivity contribution in [3.8, 4) is 12.1 Å². The number of nitrogens with zero attached hydrogens (tertiary/aromatic N) is 8. The highest BCUT2D eigenvalue weighted by Gasteiger charge is 2.39. The standard InChI is InChI=1S/C29H33F3N8O/c1-5-22-17-40(27-26-24(38(4)28(41)36-27)12-11-21(15-34)35-26)23(6-2)16-39(22)25(18-37(3)14-13-33)19-7-9-20(10-8-19)29(30,31)32/h7-12,22-23,25H,5-6,14,16-18H2,1-4H3/t22-,23?,25?/m1/s1. The van der Waals surface area contributed by atoms with Crippen LogP contribution < -0.4 is 10.6 Å². The maximum atomic E-state index is 13.3. The lowest BCUT2D eigenvalue weighted by molar-refractivity contribution is -0.137. The van der Waals surface area contributed by atoms with Crippen LogP contribution in [-0.2, 0) is 13.2 Å². The van der Waals surface area contributed by atoms with Crippen molar-refractivity contribution in [2.24, 2.45) is 7.05 Å². The van der Waals surface area contributed by atoms with E-state index in [9.17, 15) is 28.5 Å². The van der Waals surface area contributed by atoms with E-state index in [2.05, 4.69) is 31.9 Å². The predicted molar refractivity (Wildman–Crippen MR) is 149 cm³/mol. The number of anilines is 1. The molecule has 3 aromatic rings. The summed E-state index contributed by atoms with van der Waals surface area (Å²) in [4.78, 5) is 28.0. The van der Waals surface area contributed by atoms with Crippen LogP contribution in [0, 0.1) is 22.7 Å². The van der Waals surface area contributed by atoms with Crippen molar-refractivity contribution in [3.05, 3.63) is 63.7 Å². The fourth-order valence-corrected chi connectivity index (χ4v) is 5.57. The molecule has 3 heterocycles. The molecular formula is C29H33F3N8O. The Kier molecular flexibility index (Phi) is 8.95. The molecule has 1 aliphatic heterocycles. The van der Waals surface area contributed by atoms with Crippen LogP contribution in [0.15, 0.2) is 41.2 Å². The summed E-state index contributed by atoms with van der Waals surface area (Å²) in [5.41, 5.74) is 0.875. The zero-order valence-electron chi connectivity index (χ0n) is 23.6. The van der Waals surface area contributed by atoms with Crippen LogP contribution in [0.3, 0.4) is 0 Å². The van der Waals surface area contributed by atoms with Crippen LogP contribution in [0.25, 0.3) is 11.0 Å². The molecule has 9 nitrogen and oxygen atoms in total. The predicted octanol–water partition coefficient (Wildman–Crippen LogP) is 4.09. The molecule has 12 heteroatoms. The number of hydrogen-bond acceptors (Lipinski definition) is 8. The number of halogens is 3. The number of benzene rings is 1. The van der Waals surface area contributed by atoms with Crippen LogP contribution in [0.2, 0.25) is 0 Å². The number of aryl methyl sites for hydroxylation is 1. The molecule has 1 saturated heterocycles. The number of nitriles is 2. The Balaban J connectivity index is 1.77. The van der Waals surface area contributed by atoms with Gasteiger partial charge in [-0.15, -0.1) is 0 Å². The van der Waals surface area contributed by atoms with E-state index in [1.165, 1.54) is 16.7 Å². The number of alkyl halides is 3. The number of piperazine rings is 1. The van der Waals surface area contributed by atoms with E-state index in [0.29, 0.717) is 42.9 Å². The van der Waals surface area contributed by atoms with E-state index in [4.69, 9.17) is 0 Å². The summed E-state index contributed by atoms with van der Waals surface area (Å²) in [6.45, 7) is 5.77. The molecule has 1 aliphatic rings. The smallest absolute Gasteiger partial charge is 0.349 e. The molecule has 2 aromatic heterocycles. The molecule has 41 heavy (non-hydrogen) atoms. The number of hydrogen-bond donors (Lipinski definition) is 0. The van der Waals surface area contributed by atoms with Crippen molar-refractivity contribution in [1.82, 2.24) is 24.3 Å². The van der Waals surface area contributed by atoms with Gasteiger partial charge in [-0.2, -0.15) is 28.7 Å². The van der Waals surface area contributed by atoms with Crippen molar-refractivity contribution in [2.75, 3.05) is 38.1 Å². The summed E-state index contributed by atoms with van der Waals surface area (Å²) < 4.78 is 41.3. The first kappa shape index (κ1) is 30.0. The second-order valence-electron chi connectivity index (χ2n) is 10.4. The van der Waals surface area contributed by atoms with Crippen LogP contribution in [0.1, 0.15) is 49.6 Å². The quantitative estimate of drug-likeness (QED) is 0.376. The first-order chi connectivity index (χ1) is 19.5. The molecule has 0 aliphatic carbocycles. The van der Waals surface area contributed by atoms with Crippen molar-refractivity contribution in [3.63, 3.8) is 0 Å². The lowest BCUT2D eigenvalue weighted by Crippen LogP contribution is -2.60. The molecule has 0 saturated carbocycles. The van der Waals surface area contributed by atoms with E-state index >= 15 is 0 Å². The molecule has 1 fully saturated rings. The molecule has 0 N–H and O–H groups in total. The Morgan fingerprint density at radius 2 is 1.73 bits per heavy atom. The SMILES string of the molecule is CCC1CN(C(CN(C)CC#N)c2ccc(C(F)(F)F)cc2)[C@H](CC)CN1c1nc(=O)n(C)c2ccc(C#N)nc12. The summed E-state index contributed by atoms with van der Waals surface area (Å²) in [7, 11) is 3.44. The topological polar surface area (TPSA) is 105 Å². The summed E-state index contributed by atoms with van der Waals surface area (Å²) in [6.07, 6.45) is -3.00. The van der Waals surface area contributed by atoms with Gasteiger partial charge in [0.1, 0.15) is 17.3 Å². The zero-order chi connectivity index (χ0) is 29.9. The largest absolute Gasteiger partial charge is 0.416 e. The maximum Gasteiger partial charge on any atom is 0.416 e. The number of fused-ring (bicyclic) bond motifs is 1.